The normalized spacial score (nSPS) is 11.8. The summed E-state index contributed by atoms with van der Waals surface area (Å²) < 4.78 is 18.2. The quantitative estimate of drug-likeness (QED) is 0.451. The van der Waals surface area contributed by atoms with E-state index < -0.39 is 6.10 Å². The van der Waals surface area contributed by atoms with Crippen molar-refractivity contribution in [2.24, 2.45) is 0 Å². The molecule has 0 spiro atoms. The smallest absolute Gasteiger partial charge is 0.265 e. The highest BCUT2D eigenvalue weighted by Crippen LogP contribution is 2.28. The summed E-state index contributed by atoms with van der Waals surface area (Å²) in [7, 11) is 3.11. The molecule has 2 heterocycles. The molecule has 0 bridgehead atoms. The number of amides is 1. The zero-order valence-electron chi connectivity index (χ0n) is 19.2. The maximum absolute atomic E-state index is 12.8. The zero-order valence-corrected chi connectivity index (χ0v) is 19.2. The molecule has 0 aliphatic heterocycles. The van der Waals surface area contributed by atoms with Crippen molar-refractivity contribution < 1.29 is 19.0 Å². The van der Waals surface area contributed by atoms with Crippen LogP contribution in [0.1, 0.15) is 18.2 Å². The van der Waals surface area contributed by atoms with Crippen LogP contribution in [0, 0.1) is 13.8 Å². The summed E-state index contributed by atoms with van der Waals surface area (Å²) in [5.41, 5.74) is 3.98. The molecule has 0 saturated carbocycles. The van der Waals surface area contributed by atoms with Crippen molar-refractivity contribution in [3.63, 3.8) is 0 Å². The molecular formula is C25H26N4O4. The molecule has 170 valence electrons. The second-order valence-corrected chi connectivity index (χ2v) is 7.66. The Morgan fingerprint density at radius 3 is 2.30 bits per heavy atom. The molecule has 1 atom stereocenters. The Kier molecular flexibility index (Phi) is 6.17. The van der Waals surface area contributed by atoms with Gasteiger partial charge in [0.15, 0.2) is 11.8 Å². The summed E-state index contributed by atoms with van der Waals surface area (Å²) >= 11 is 0. The third kappa shape index (κ3) is 4.59. The number of aryl methyl sites for hydroxylation is 2. The maximum Gasteiger partial charge on any atom is 0.265 e. The van der Waals surface area contributed by atoms with Crippen molar-refractivity contribution in [3.05, 3.63) is 65.9 Å². The van der Waals surface area contributed by atoms with Gasteiger partial charge in [0, 0.05) is 35.3 Å². The monoisotopic (exact) mass is 446 g/mol. The fourth-order valence-corrected chi connectivity index (χ4v) is 3.64. The number of aromatic nitrogens is 3. The van der Waals surface area contributed by atoms with Gasteiger partial charge in [-0.3, -0.25) is 4.79 Å². The molecule has 8 nitrogen and oxygen atoms in total. The van der Waals surface area contributed by atoms with E-state index in [1.165, 1.54) is 0 Å². The van der Waals surface area contributed by atoms with Crippen LogP contribution in [0.15, 0.2) is 54.6 Å². The predicted octanol–water partition coefficient (Wildman–Crippen LogP) is 4.46. The van der Waals surface area contributed by atoms with Crippen LogP contribution in [0.3, 0.4) is 0 Å². The molecule has 0 saturated heterocycles. The van der Waals surface area contributed by atoms with Crippen LogP contribution >= 0.6 is 0 Å². The van der Waals surface area contributed by atoms with Crippen LogP contribution in [0.25, 0.3) is 16.7 Å². The first kappa shape index (κ1) is 22.1. The first-order valence-electron chi connectivity index (χ1n) is 10.5. The average Bonchev–Trinajstić information content (AvgIpc) is 3.15. The molecule has 0 unspecified atom stereocenters. The van der Waals surface area contributed by atoms with Gasteiger partial charge in [0.05, 0.1) is 25.6 Å². The molecule has 1 N–H and O–H groups in total. The minimum atomic E-state index is -0.791. The van der Waals surface area contributed by atoms with E-state index in [2.05, 4.69) is 15.4 Å². The average molecular weight is 447 g/mol. The van der Waals surface area contributed by atoms with E-state index in [1.807, 2.05) is 50.2 Å². The summed E-state index contributed by atoms with van der Waals surface area (Å²) in [6, 6.07) is 16.8. The van der Waals surface area contributed by atoms with Gasteiger partial charge in [-0.25, -0.2) is 4.68 Å². The summed E-state index contributed by atoms with van der Waals surface area (Å²) in [5, 5.41) is 8.46. The minimum absolute atomic E-state index is 0.322. The topological polar surface area (TPSA) is 87.5 Å². The number of nitrogens with one attached hydrogen (secondary N) is 1. The molecular weight excluding hydrogens is 420 g/mol. The highest BCUT2D eigenvalue weighted by atomic mass is 16.5. The molecule has 0 radical (unpaired) electrons. The lowest BCUT2D eigenvalue weighted by molar-refractivity contribution is -0.122. The number of methoxy groups -OCH3 is 2. The number of hydrogen-bond acceptors (Lipinski definition) is 6. The van der Waals surface area contributed by atoms with Gasteiger partial charge >= 0.3 is 0 Å². The van der Waals surface area contributed by atoms with Gasteiger partial charge in [-0.2, -0.15) is 10.1 Å². The number of benzene rings is 2. The molecule has 1 amide bonds. The molecule has 0 aliphatic carbocycles. The van der Waals surface area contributed by atoms with Gasteiger partial charge in [0.2, 0.25) is 5.88 Å². The van der Waals surface area contributed by atoms with Gasteiger partial charge < -0.3 is 19.5 Å². The van der Waals surface area contributed by atoms with Gasteiger partial charge in [-0.15, -0.1) is 0 Å². The Labute approximate surface area is 192 Å². The predicted molar refractivity (Wildman–Crippen MR) is 127 cm³/mol. The third-order valence-electron chi connectivity index (χ3n) is 5.27. The van der Waals surface area contributed by atoms with E-state index >= 15 is 0 Å². The minimum Gasteiger partial charge on any atom is -0.497 e. The lowest BCUT2D eigenvalue weighted by Crippen LogP contribution is -2.30. The summed E-state index contributed by atoms with van der Waals surface area (Å²) in [6.07, 6.45) is -0.791. The lowest BCUT2D eigenvalue weighted by atomic mass is 10.1. The van der Waals surface area contributed by atoms with E-state index in [1.54, 1.807) is 44.0 Å². The van der Waals surface area contributed by atoms with Crippen LogP contribution in [0.5, 0.6) is 17.4 Å². The van der Waals surface area contributed by atoms with Crippen molar-refractivity contribution in [2.75, 3.05) is 19.5 Å². The van der Waals surface area contributed by atoms with Crippen LogP contribution in [0.2, 0.25) is 0 Å². The fraction of sp³-hybridized carbons (Fsp3) is 0.240. The molecule has 33 heavy (non-hydrogen) atoms. The van der Waals surface area contributed by atoms with Crippen LogP contribution in [-0.2, 0) is 4.79 Å². The third-order valence-corrected chi connectivity index (χ3v) is 5.27. The Morgan fingerprint density at radius 1 is 1.00 bits per heavy atom. The number of nitrogens with zero attached hydrogens (tertiary/aromatic N) is 3. The number of carbonyl (C=O) groups excluding carboxylic acids is 1. The highest BCUT2D eigenvalue weighted by molar-refractivity contribution is 5.94. The number of fused-ring (bicyclic) bond motifs is 1. The molecule has 4 aromatic rings. The SMILES string of the molecule is COc1cc(NC(=O)[C@H](C)Oc2cc(C)c3c(C)nn(-c4ccccc4)c3n2)cc(OC)c1. The Bertz CT molecular complexity index is 1280. The van der Waals surface area contributed by atoms with E-state index in [-0.39, 0.29) is 5.91 Å². The summed E-state index contributed by atoms with van der Waals surface area (Å²) in [4.78, 5) is 17.5. The largest absolute Gasteiger partial charge is 0.497 e. The van der Waals surface area contributed by atoms with Crippen LogP contribution in [-0.4, -0.2) is 41.0 Å². The molecule has 0 aliphatic rings. The Hall–Kier alpha value is -4.07. The number of para-hydroxylation sites is 1. The Balaban J connectivity index is 1.59. The van der Waals surface area contributed by atoms with Gasteiger partial charge in [0.1, 0.15) is 11.5 Å². The van der Waals surface area contributed by atoms with Crippen LogP contribution in [0.4, 0.5) is 5.69 Å². The second kappa shape index (κ2) is 9.20. The van der Waals surface area contributed by atoms with Crippen LogP contribution < -0.4 is 19.5 Å². The van der Waals surface area contributed by atoms with Gasteiger partial charge in [-0.1, -0.05) is 18.2 Å². The number of rotatable bonds is 7. The number of hydrogen-bond donors (Lipinski definition) is 1. The summed E-state index contributed by atoms with van der Waals surface area (Å²) in [5.74, 6) is 1.18. The number of carbonyl (C=O) groups is 1. The van der Waals surface area contributed by atoms with Crippen molar-refractivity contribution in [1.29, 1.82) is 0 Å². The first-order valence-corrected chi connectivity index (χ1v) is 10.5. The van der Waals surface area contributed by atoms with E-state index in [9.17, 15) is 4.79 Å². The number of ether oxygens (including phenoxy) is 3. The summed E-state index contributed by atoms with van der Waals surface area (Å²) in [6.45, 7) is 5.61. The fourth-order valence-electron chi connectivity index (χ4n) is 3.64. The molecule has 4 rings (SSSR count). The molecule has 0 fully saturated rings. The number of anilines is 1. The lowest BCUT2D eigenvalue weighted by Gasteiger charge is -2.16. The van der Waals surface area contributed by atoms with Gasteiger partial charge in [0.25, 0.3) is 5.91 Å². The second-order valence-electron chi connectivity index (χ2n) is 7.66. The first-order chi connectivity index (χ1) is 15.9. The van der Waals surface area contributed by atoms with Crippen molar-refractivity contribution in [1.82, 2.24) is 14.8 Å². The van der Waals surface area contributed by atoms with E-state index in [0.29, 0.717) is 28.7 Å². The molecule has 2 aromatic carbocycles. The molecule has 8 heteroatoms. The highest BCUT2D eigenvalue weighted by Gasteiger charge is 2.19. The standard InChI is InChI=1S/C25H26N4O4/c1-15-11-22(27-24-23(15)16(2)28-29(24)19-9-7-6-8-10-19)33-17(3)25(30)26-18-12-20(31-4)14-21(13-18)32-5/h6-14,17H,1-5H3,(H,26,30)/t17-/m0/s1. The van der Waals surface area contributed by atoms with Gasteiger partial charge in [-0.05, 0) is 38.5 Å². The van der Waals surface area contributed by atoms with Crippen molar-refractivity contribution >= 4 is 22.6 Å². The van der Waals surface area contributed by atoms with Crippen molar-refractivity contribution in [2.45, 2.75) is 26.9 Å². The van der Waals surface area contributed by atoms with Crippen molar-refractivity contribution in [3.8, 4) is 23.1 Å². The van der Waals surface area contributed by atoms with E-state index in [4.69, 9.17) is 14.2 Å². The zero-order chi connectivity index (χ0) is 23.5. The number of pyridine rings is 1. The van der Waals surface area contributed by atoms with E-state index in [0.717, 1.165) is 22.3 Å². The Morgan fingerprint density at radius 2 is 1.67 bits per heavy atom. The molecule has 2 aromatic heterocycles. The maximum atomic E-state index is 12.8.